The number of nitrogens with one attached hydrogen (secondary N) is 2. The van der Waals surface area contributed by atoms with Gasteiger partial charge in [-0.15, -0.1) is 0 Å². The summed E-state index contributed by atoms with van der Waals surface area (Å²) in [6.07, 6.45) is 1.30. The van der Waals surface area contributed by atoms with Crippen molar-refractivity contribution in [1.82, 2.24) is 5.32 Å². The van der Waals surface area contributed by atoms with Crippen LogP contribution in [0.5, 0.6) is 0 Å². The molecule has 0 aromatic heterocycles. The van der Waals surface area contributed by atoms with Gasteiger partial charge < -0.3 is 15.7 Å². The lowest BCUT2D eigenvalue weighted by Crippen LogP contribution is -2.42. The lowest BCUT2D eigenvalue weighted by Gasteiger charge is -2.24. The molecule has 2 aromatic rings. The van der Waals surface area contributed by atoms with Gasteiger partial charge in [-0.05, 0) is 30.0 Å². The summed E-state index contributed by atoms with van der Waals surface area (Å²) >= 11 is 0. The second kappa shape index (κ2) is 8.49. The zero-order valence-electron chi connectivity index (χ0n) is 14.9. The predicted octanol–water partition coefficient (Wildman–Crippen LogP) is 2.39. The van der Waals surface area contributed by atoms with Crippen molar-refractivity contribution in [2.75, 3.05) is 5.32 Å². The summed E-state index contributed by atoms with van der Waals surface area (Å²) in [5.41, 5.74) is 2.71. The Kier molecular flexibility index (Phi) is 5.86. The van der Waals surface area contributed by atoms with E-state index < -0.39 is 12.0 Å². The van der Waals surface area contributed by atoms with Crippen LogP contribution >= 0.6 is 0 Å². The first-order chi connectivity index (χ1) is 13.0. The van der Waals surface area contributed by atoms with E-state index in [1.54, 1.807) is 0 Å². The Morgan fingerprint density at radius 1 is 1.11 bits per heavy atom. The molecule has 2 unspecified atom stereocenters. The number of hydrogen-bond acceptors (Lipinski definition) is 3. The van der Waals surface area contributed by atoms with Gasteiger partial charge in [-0.2, -0.15) is 0 Å². The molecule has 0 spiro atoms. The van der Waals surface area contributed by atoms with Gasteiger partial charge in [0, 0.05) is 24.4 Å². The normalized spacial score (nSPS) is 16.7. The second-order valence-electron chi connectivity index (χ2n) is 6.73. The minimum Gasteiger partial charge on any atom is -0.480 e. The molecule has 2 amide bonds. The molecule has 0 radical (unpaired) electrons. The smallest absolute Gasteiger partial charge is 0.326 e. The molecule has 3 N–H and O–H groups in total. The fourth-order valence-corrected chi connectivity index (χ4v) is 3.27. The third kappa shape index (κ3) is 4.94. The van der Waals surface area contributed by atoms with Gasteiger partial charge >= 0.3 is 5.97 Å². The fourth-order valence-electron chi connectivity index (χ4n) is 3.27. The number of carboxylic acids is 1. The van der Waals surface area contributed by atoms with Gasteiger partial charge in [-0.25, -0.2) is 4.79 Å². The van der Waals surface area contributed by atoms with Gasteiger partial charge in [-0.3, -0.25) is 9.59 Å². The van der Waals surface area contributed by atoms with Crippen molar-refractivity contribution in [3.05, 3.63) is 65.7 Å². The van der Waals surface area contributed by atoms with Gasteiger partial charge in [0.25, 0.3) is 0 Å². The largest absolute Gasteiger partial charge is 0.480 e. The van der Waals surface area contributed by atoms with Crippen molar-refractivity contribution in [2.45, 2.75) is 31.7 Å². The Balaban J connectivity index is 1.54. The summed E-state index contributed by atoms with van der Waals surface area (Å²) in [4.78, 5) is 35.9. The number of hydrogen-bond donors (Lipinski definition) is 3. The van der Waals surface area contributed by atoms with Crippen LogP contribution in [0.2, 0.25) is 0 Å². The van der Waals surface area contributed by atoms with Gasteiger partial charge in [0.1, 0.15) is 6.04 Å². The molecule has 3 rings (SSSR count). The first-order valence-corrected chi connectivity index (χ1v) is 8.98. The zero-order chi connectivity index (χ0) is 19.2. The maximum Gasteiger partial charge on any atom is 0.326 e. The zero-order valence-corrected chi connectivity index (χ0v) is 14.9. The summed E-state index contributed by atoms with van der Waals surface area (Å²) in [6, 6.07) is 15.8. The van der Waals surface area contributed by atoms with E-state index in [1.807, 2.05) is 54.6 Å². The molecule has 0 saturated heterocycles. The number of benzene rings is 2. The average Bonchev–Trinajstić information content (AvgIpc) is 2.66. The number of fused-ring (bicyclic) bond motifs is 1. The molecule has 6 heteroatoms. The molecule has 1 aliphatic heterocycles. The molecule has 2 atom stereocenters. The van der Waals surface area contributed by atoms with Crippen LogP contribution < -0.4 is 10.6 Å². The monoisotopic (exact) mass is 366 g/mol. The maximum atomic E-state index is 12.2. The molecular formula is C21H22N2O4. The van der Waals surface area contributed by atoms with Gasteiger partial charge in [0.05, 0.1) is 0 Å². The molecule has 0 bridgehead atoms. The highest BCUT2D eigenvalue weighted by atomic mass is 16.4. The van der Waals surface area contributed by atoms with Crippen molar-refractivity contribution in [2.24, 2.45) is 5.92 Å². The van der Waals surface area contributed by atoms with Gasteiger partial charge in [0.2, 0.25) is 11.8 Å². The molecule has 6 nitrogen and oxygen atoms in total. The van der Waals surface area contributed by atoms with Crippen molar-refractivity contribution >= 4 is 23.5 Å². The standard InChI is InChI=1S/C21H22N2O4/c24-19(22-18(21(26)27)12-14-6-2-1-3-7-14)11-10-16-13-15-8-4-5-9-17(15)23-20(16)25/h1-9,16,18H,10-13H2,(H,22,24)(H,23,25)(H,26,27). The summed E-state index contributed by atoms with van der Waals surface area (Å²) in [5.74, 6) is -1.81. The first-order valence-electron chi connectivity index (χ1n) is 8.98. The van der Waals surface area contributed by atoms with Crippen LogP contribution in [-0.2, 0) is 27.2 Å². The Morgan fingerprint density at radius 3 is 2.56 bits per heavy atom. The molecule has 0 fully saturated rings. The van der Waals surface area contributed by atoms with Crippen LogP contribution in [0.1, 0.15) is 24.0 Å². The number of aliphatic carboxylic acids is 1. The summed E-state index contributed by atoms with van der Waals surface area (Å²) in [6.45, 7) is 0. The quantitative estimate of drug-likeness (QED) is 0.701. The number of carbonyl (C=O) groups excluding carboxylic acids is 2. The molecule has 0 aliphatic carbocycles. The number of carbonyl (C=O) groups is 3. The molecule has 2 aromatic carbocycles. The fraction of sp³-hybridized carbons (Fsp3) is 0.286. The van der Waals surface area contributed by atoms with Crippen molar-refractivity contribution < 1.29 is 19.5 Å². The van der Waals surface area contributed by atoms with Crippen LogP contribution in [0.15, 0.2) is 54.6 Å². The summed E-state index contributed by atoms with van der Waals surface area (Å²) in [5, 5.41) is 14.8. The first kappa shape index (κ1) is 18.6. The molecule has 140 valence electrons. The van der Waals surface area contributed by atoms with Crippen molar-refractivity contribution in [1.29, 1.82) is 0 Å². The van der Waals surface area contributed by atoms with Crippen LogP contribution in [0, 0.1) is 5.92 Å². The Bertz CT molecular complexity index is 835. The Labute approximate surface area is 157 Å². The van der Waals surface area contributed by atoms with Crippen LogP contribution in [-0.4, -0.2) is 28.9 Å². The molecule has 1 heterocycles. The highest BCUT2D eigenvalue weighted by Crippen LogP contribution is 2.27. The summed E-state index contributed by atoms with van der Waals surface area (Å²) in [7, 11) is 0. The van der Waals surface area contributed by atoms with E-state index in [9.17, 15) is 19.5 Å². The predicted molar refractivity (Wildman–Crippen MR) is 101 cm³/mol. The van der Waals surface area contributed by atoms with Gasteiger partial charge in [0.15, 0.2) is 0 Å². The Morgan fingerprint density at radius 2 is 1.81 bits per heavy atom. The molecule has 27 heavy (non-hydrogen) atoms. The highest BCUT2D eigenvalue weighted by molar-refractivity contribution is 5.96. The molecular weight excluding hydrogens is 344 g/mol. The van der Waals surface area contributed by atoms with E-state index in [4.69, 9.17) is 0 Å². The topological polar surface area (TPSA) is 95.5 Å². The number of carboxylic acid groups (broad SMARTS) is 1. The number of para-hydroxylation sites is 1. The van der Waals surface area contributed by atoms with Crippen molar-refractivity contribution in [3.63, 3.8) is 0 Å². The minimum atomic E-state index is -1.07. The maximum absolute atomic E-state index is 12.2. The van der Waals surface area contributed by atoms with E-state index in [2.05, 4.69) is 10.6 Å². The number of anilines is 1. The van der Waals surface area contributed by atoms with E-state index >= 15 is 0 Å². The number of amides is 2. The van der Waals surface area contributed by atoms with Crippen LogP contribution in [0.3, 0.4) is 0 Å². The lowest BCUT2D eigenvalue weighted by molar-refractivity contribution is -0.141. The molecule has 0 saturated carbocycles. The second-order valence-corrected chi connectivity index (χ2v) is 6.73. The van der Waals surface area contributed by atoms with Crippen LogP contribution in [0.4, 0.5) is 5.69 Å². The van der Waals surface area contributed by atoms with E-state index in [0.717, 1.165) is 16.8 Å². The third-order valence-electron chi connectivity index (χ3n) is 4.75. The van der Waals surface area contributed by atoms with E-state index in [-0.39, 0.29) is 30.6 Å². The van der Waals surface area contributed by atoms with Crippen LogP contribution in [0.25, 0.3) is 0 Å². The van der Waals surface area contributed by atoms with Gasteiger partial charge in [-0.1, -0.05) is 48.5 Å². The minimum absolute atomic E-state index is 0.0967. The molecule has 1 aliphatic rings. The number of rotatable bonds is 7. The lowest BCUT2D eigenvalue weighted by atomic mass is 9.89. The van der Waals surface area contributed by atoms with E-state index in [0.29, 0.717) is 12.8 Å². The summed E-state index contributed by atoms with van der Waals surface area (Å²) < 4.78 is 0. The third-order valence-corrected chi connectivity index (χ3v) is 4.75. The SMILES string of the molecule is O=C(CCC1Cc2ccccc2NC1=O)NC(Cc1ccccc1)C(=O)O. The highest BCUT2D eigenvalue weighted by Gasteiger charge is 2.27. The van der Waals surface area contributed by atoms with Crippen molar-refractivity contribution in [3.8, 4) is 0 Å². The average molecular weight is 366 g/mol. The van der Waals surface area contributed by atoms with E-state index in [1.165, 1.54) is 0 Å². The Hall–Kier alpha value is -3.15.